The molecule has 0 bridgehead atoms. The van der Waals surface area contributed by atoms with E-state index in [9.17, 15) is 0 Å². The summed E-state index contributed by atoms with van der Waals surface area (Å²) in [6.07, 6.45) is 8.91. The fraction of sp³-hybridized carbons (Fsp3) is 0.158. The van der Waals surface area contributed by atoms with Crippen LogP contribution < -0.4 is 0 Å². The summed E-state index contributed by atoms with van der Waals surface area (Å²) < 4.78 is 7.34. The highest BCUT2D eigenvalue weighted by Gasteiger charge is 2.11. The minimum Gasteiger partial charge on any atom is -0.338 e. The van der Waals surface area contributed by atoms with Crippen molar-refractivity contribution in [3.63, 3.8) is 0 Å². The van der Waals surface area contributed by atoms with Gasteiger partial charge in [-0.25, -0.2) is 4.98 Å². The fourth-order valence-corrected chi connectivity index (χ4v) is 2.72. The Bertz CT molecular complexity index is 947. The van der Waals surface area contributed by atoms with Crippen molar-refractivity contribution < 1.29 is 4.52 Å². The van der Waals surface area contributed by atoms with Crippen LogP contribution in [0, 0.1) is 0 Å². The zero-order valence-corrected chi connectivity index (χ0v) is 14.4. The Kier molecular flexibility index (Phi) is 4.53. The van der Waals surface area contributed by atoms with Gasteiger partial charge in [0.25, 0.3) is 0 Å². The van der Waals surface area contributed by atoms with Crippen molar-refractivity contribution in [1.82, 2.24) is 29.6 Å². The zero-order chi connectivity index (χ0) is 17.8. The van der Waals surface area contributed by atoms with E-state index in [-0.39, 0.29) is 0 Å². The molecule has 3 aromatic heterocycles. The lowest BCUT2D eigenvalue weighted by atomic mass is 10.2. The van der Waals surface area contributed by atoms with Gasteiger partial charge < -0.3 is 9.09 Å². The number of aromatic nitrogens is 5. The van der Waals surface area contributed by atoms with E-state index < -0.39 is 0 Å². The van der Waals surface area contributed by atoms with Gasteiger partial charge >= 0.3 is 0 Å². The van der Waals surface area contributed by atoms with Crippen LogP contribution in [0.1, 0.15) is 11.5 Å². The normalized spacial score (nSPS) is 11.2. The Labute approximate surface area is 151 Å². The van der Waals surface area contributed by atoms with Crippen LogP contribution in [0.5, 0.6) is 0 Å². The first-order valence-corrected chi connectivity index (χ1v) is 8.27. The Morgan fingerprint density at radius 2 is 1.77 bits per heavy atom. The van der Waals surface area contributed by atoms with Crippen molar-refractivity contribution in [1.29, 1.82) is 0 Å². The van der Waals surface area contributed by atoms with E-state index in [0.717, 1.165) is 17.8 Å². The third-order valence-electron chi connectivity index (χ3n) is 4.00. The number of rotatable bonds is 6. The van der Waals surface area contributed by atoms with Gasteiger partial charge in [-0.3, -0.25) is 9.88 Å². The molecule has 0 saturated carbocycles. The van der Waals surface area contributed by atoms with Gasteiger partial charge in [0.15, 0.2) is 0 Å². The fourth-order valence-electron chi connectivity index (χ4n) is 2.72. The van der Waals surface area contributed by atoms with E-state index in [0.29, 0.717) is 18.3 Å². The number of pyridine rings is 1. The molecule has 0 fully saturated rings. The molecule has 4 aromatic rings. The van der Waals surface area contributed by atoms with Gasteiger partial charge in [-0.1, -0.05) is 17.3 Å². The van der Waals surface area contributed by atoms with Crippen LogP contribution in [0.3, 0.4) is 0 Å². The smallest absolute Gasteiger partial charge is 0.241 e. The molecule has 4 rings (SSSR count). The van der Waals surface area contributed by atoms with Crippen LogP contribution in [0.4, 0.5) is 0 Å². The molecule has 26 heavy (non-hydrogen) atoms. The summed E-state index contributed by atoms with van der Waals surface area (Å²) in [5.41, 5.74) is 3.20. The van der Waals surface area contributed by atoms with E-state index in [1.54, 1.807) is 24.9 Å². The molecule has 3 heterocycles. The lowest BCUT2D eigenvalue weighted by Gasteiger charge is -2.14. The van der Waals surface area contributed by atoms with Crippen molar-refractivity contribution >= 4 is 0 Å². The minimum absolute atomic E-state index is 0.584. The molecule has 0 saturated heterocycles. The van der Waals surface area contributed by atoms with Crippen LogP contribution in [-0.2, 0) is 13.1 Å². The Balaban J connectivity index is 1.38. The van der Waals surface area contributed by atoms with Crippen molar-refractivity contribution in [2.24, 2.45) is 0 Å². The molecule has 0 amide bonds. The summed E-state index contributed by atoms with van der Waals surface area (Å²) in [5.74, 6) is 1.18. The summed E-state index contributed by atoms with van der Waals surface area (Å²) in [7, 11) is 2.03. The maximum atomic E-state index is 5.36. The summed E-state index contributed by atoms with van der Waals surface area (Å²) in [5, 5.41) is 4.04. The quantitative estimate of drug-likeness (QED) is 0.534. The highest BCUT2D eigenvalue weighted by Crippen LogP contribution is 2.16. The van der Waals surface area contributed by atoms with Crippen LogP contribution in [0.25, 0.3) is 17.1 Å². The predicted octanol–water partition coefficient (Wildman–Crippen LogP) is 2.95. The molecule has 0 unspecified atom stereocenters. The largest absolute Gasteiger partial charge is 0.338 e. The van der Waals surface area contributed by atoms with Crippen LogP contribution in [0.15, 0.2) is 72.0 Å². The second-order valence-electron chi connectivity index (χ2n) is 6.06. The summed E-state index contributed by atoms with van der Waals surface area (Å²) in [6.45, 7) is 1.37. The first-order valence-electron chi connectivity index (χ1n) is 8.27. The zero-order valence-electron chi connectivity index (χ0n) is 14.4. The monoisotopic (exact) mass is 346 g/mol. The van der Waals surface area contributed by atoms with E-state index >= 15 is 0 Å². The summed E-state index contributed by atoms with van der Waals surface area (Å²) in [6, 6.07) is 12.1. The standard InChI is InChI=1S/C19H18N6O/c1-24(12-15-2-4-17(5-3-15)25-11-10-21-14-25)13-18-22-19(23-26-18)16-6-8-20-9-7-16/h2-11,14H,12-13H2,1H3. The SMILES string of the molecule is CN(Cc1ccc(-n2ccnc2)cc1)Cc1nc(-c2ccncc2)no1. The van der Waals surface area contributed by atoms with Crippen LogP contribution >= 0.6 is 0 Å². The molecule has 0 N–H and O–H groups in total. The maximum absolute atomic E-state index is 5.36. The number of imidazole rings is 1. The van der Waals surface area contributed by atoms with Crippen molar-refractivity contribution in [2.75, 3.05) is 7.05 Å². The highest BCUT2D eigenvalue weighted by molar-refractivity contribution is 5.52. The molecule has 1 aromatic carbocycles. The second-order valence-corrected chi connectivity index (χ2v) is 6.06. The molecule has 0 radical (unpaired) electrons. The molecule has 7 nitrogen and oxygen atoms in total. The number of hydrogen-bond donors (Lipinski definition) is 0. The first-order chi connectivity index (χ1) is 12.8. The first kappa shape index (κ1) is 16.2. The van der Waals surface area contributed by atoms with Crippen LogP contribution in [0.2, 0.25) is 0 Å². The third kappa shape index (κ3) is 3.68. The maximum Gasteiger partial charge on any atom is 0.241 e. The van der Waals surface area contributed by atoms with Crippen LogP contribution in [-0.4, -0.2) is 36.6 Å². The molecule has 0 aliphatic carbocycles. The molecule has 0 atom stereocenters. The molecule has 130 valence electrons. The predicted molar refractivity (Wildman–Crippen MR) is 96.3 cm³/mol. The van der Waals surface area contributed by atoms with Gasteiger partial charge in [-0.2, -0.15) is 4.98 Å². The second kappa shape index (κ2) is 7.28. The van der Waals surface area contributed by atoms with E-state index in [4.69, 9.17) is 4.52 Å². The average Bonchev–Trinajstić information content (AvgIpc) is 3.35. The van der Waals surface area contributed by atoms with Gasteiger partial charge in [0, 0.05) is 42.6 Å². The number of hydrogen-bond acceptors (Lipinski definition) is 6. The van der Waals surface area contributed by atoms with Gasteiger partial charge in [-0.15, -0.1) is 0 Å². The van der Waals surface area contributed by atoms with E-state index in [1.165, 1.54) is 5.56 Å². The number of benzene rings is 1. The summed E-state index contributed by atoms with van der Waals surface area (Å²) in [4.78, 5) is 14.7. The molecule has 0 spiro atoms. The molecule has 0 aliphatic heterocycles. The van der Waals surface area contributed by atoms with Gasteiger partial charge in [0.2, 0.25) is 11.7 Å². The Morgan fingerprint density at radius 3 is 2.50 bits per heavy atom. The van der Waals surface area contributed by atoms with Crippen molar-refractivity contribution in [3.8, 4) is 17.1 Å². The van der Waals surface area contributed by atoms with Crippen molar-refractivity contribution in [3.05, 3.63) is 79.0 Å². The van der Waals surface area contributed by atoms with E-state index in [2.05, 4.69) is 49.3 Å². The van der Waals surface area contributed by atoms with Gasteiger partial charge in [0.05, 0.1) is 12.9 Å². The molecular weight excluding hydrogens is 328 g/mol. The minimum atomic E-state index is 0.584. The summed E-state index contributed by atoms with van der Waals surface area (Å²) >= 11 is 0. The lowest BCUT2D eigenvalue weighted by molar-refractivity contribution is 0.261. The van der Waals surface area contributed by atoms with Crippen molar-refractivity contribution in [2.45, 2.75) is 13.1 Å². The molecule has 7 heteroatoms. The van der Waals surface area contributed by atoms with E-state index in [1.807, 2.05) is 29.9 Å². The molecule has 0 aliphatic rings. The Morgan fingerprint density at radius 1 is 0.962 bits per heavy atom. The van der Waals surface area contributed by atoms with Gasteiger partial charge in [0.1, 0.15) is 0 Å². The molecular formula is C19H18N6O. The average molecular weight is 346 g/mol. The lowest BCUT2D eigenvalue weighted by Crippen LogP contribution is -2.17. The third-order valence-corrected chi connectivity index (χ3v) is 4.00. The van der Waals surface area contributed by atoms with Gasteiger partial charge in [-0.05, 0) is 36.9 Å². The highest BCUT2D eigenvalue weighted by atomic mass is 16.5. The topological polar surface area (TPSA) is 72.9 Å². The Hall–Kier alpha value is -3.32. The number of nitrogens with zero attached hydrogens (tertiary/aromatic N) is 6.